The molecule has 46 heavy (non-hydrogen) atoms. The zero-order valence-corrected chi connectivity index (χ0v) is 24.1. The molecule has 1 aliphatic carbocycles. The van der Waals surface area contributed by atoms with Crippen LogP contribution in [-0.2, 0) is 15.8 Å². The molecule has 242 valence electrons. The van der Waals surface area contributed by atoms with Gasteiger partial charge in [-0.2, -0.15) is 18.3 Å². The first kappa shape index (κ1) is 31.1. The normalized spacial score (nSPS) is 19.0. The lowest BCUT2D eigenvalue weighted by Crippen LogP contribution is -2.51. The number of alkyl halides is 3. The molecule has 1 saturated carbocycles. The summed E-state index contributed by atoms with van der Waals surface area (Å²) >= 11 is 0. The molecule has 0 spiro atoms. The quantitative estimate of drug-likeness (QED) is 0.192. The molecule has 6 rings (SSSR count). The maximum absolute atomic E-state index is 14.9. The van der Waals surface area contributed by atoms with Crippen LogP contribution in [0.4, 0.5) is 26.3 Å². The Morgan fingerprint density at radius 1 is 1.17 bits per heavy atom. The number of hydrogen-bond donors (Lipinski definition) is 3. The number of nitrogens with zero attached hydrogens (tertiary/aromatic N) is 3. The largest absolute Gasteiger partial charge is 0.494 e. The molecule has 0 saturated heterocycles. The van der Waals surface area contributed by atoms with Crippen molar-refractivity contribution in [1.82, 2.24) is 20.1 Å². The number of nitrogens with one attached hydrogen (secondary N) is 1. The van der Waals surface area contributed by atoms with Crippen LogP contribution >= 0.6 is 0 Å². The smallest absolute Gasteiger partial charge is 0.424 e. The van der Waals surface area contributed by atoms with E-state index in [0.29, 0.717) is 23.0 Å². The van der Waals surface area contributed by atoms with E-state index in [9.17, 15) is 41.0 Å². The fourth-order valence-electron chi connectivity index (χ4n) is 5.29. The number of halogens is 6. The minimum atomic E-state index is -5.54. The molecule has 16 heteroatoms. The number of primary amides is 1. The van der Waals surface area contributed by atoms with Crippen LogP contribution in [0.3, 0.4) is 0 Å². The second-order valence-corrected chi connectivity index (χ2v) is 11.5. The Bertz CT molecular complexity index is 1930. The topological polar surface area (TPSA) is 142 Å². The summed E-state index contributed by atoms with van der Waals surface area (Å²) in [6.45, 7) is -0.824. The lowest BCUT2D eigenvalue weighted by molar-refractivity contribution is -0.265. The number of carbonyl (C=O) groups excluding carboxylic acids is 2. The number of benzene rings is 2. The summed E-state index contributed by atoms with van der Waals surface area (Å²) in [6, 6.07) is 4.23. The summed E-state index contributed by atoms with van der Waals surface area (Å²) in [5.74, 6) is -7.02. The summed E-state index contributed by atoms with van der Waals surface area (Å²) < 4.78 is 99.9. The molecular weight excluding hydrogens is 624 g/mol. The summed E-state index contributed by atoms with van der Waals surface area (Å²) in [4.78, 5) is 29.4. The third-order valence-electron chi connectivity index (χ3n) is 8.26. The Balaban J connectivity index is 1.43. The van der Waals surface area contributed by atoms with E-state index in [1.807, 2.05) is 0 Å². The first-order chi connectivity index (χ1) is 21.6. The predicted molar refractivity (Wildman–Crippen MR) is 148 cm³/mol. The maximum Gasteiger partial charge on any atom is 0.424 e. The third kappa shape index (κ3) is 4.96. The van der Waals surface area contributed by atoms with Gasteiger partial charge in [0.05, 0.1) is 25.4 Å². The Morgan fingerprint density at radius 2 is 1.89 bits per heavy atom. The molecule has 3 heterocycles. The van der Waals surface area contributed by atoms with Gasteiger partial charge in [0.1, 0.15) is 40.5 Å². The lowest BCUT2D eigenvalue weighted by atomic mass is 9.81. The average Bonchev–Trinajstić information content (AvgIpc) is 3.67. The van der Waals surface area contributed by atoms with E-state index in [1.54, 1.807) is 10.9 Å². The maximum atomic E-state index is 14.9. The van der Waals surface area contributed by atoms with Crippen molar-refractivity contribution in [3.8, 4) is 22.8 Å². The summed E-state index contributed by atoms with van der Waals surface area (Å²) in [7, 11) is 1.34. The van der Waals surface area contributed by atoms with Crippen molar-refractivity contribution in [2.24, 2.45) is 5.73 Å². The first-order valence-corrected chi connectivity index (χ1v) is 13.8. The van der Waals surface area contributed by atoms with E-state index in [-0.39, 0.29) is 29.0 Å². The van der Waals surface area contributed by atoms with E-state index < -0.39 is 82.3 Å². The van der Waals surface area contributed by atoms with Gasteiger partial charge in [-0.25, -0.2) is 18.2 Å². The van der Waals surface area contributed by atoms with Gasteiger partial charge in [0.15, 0.2) is 11.6 Å². The van der Waals surface area contributed by atoms with Crippen LogP contribution in [0.2, 0.25) is 0 Å². The number of aromatic nitrogens is 3. The molecule has 1 unspecified atom stereocenters. The molecular formula is C30H25F6N5O5. The monoisotopic (exact) mass is 649 g/mol. The van der Waals surface area contributed by atoms with Crippen LogP contribution in [0.5, 0.6) is 11.5 Å². The third-order valence-corrected chi connectivity index (χ3v) is 8.26. The van der Waals surface area contributed by atoms with Gasteiger partial charge in [-0.15, -0.1) is 0 Å². The van der Waals surface area contributed by atoms with E-state index in [4.69, 9.17) is 15.2 Å². The van der Waals surface area contributed by atoms with Crippen molar-refractivity contribution in [3.63, 3.8) is 0 Å². The van der Waals surface area contributed by atoms with Crippen molar-refractivity contribution < 1.29 is 50.5 Å². The Morgan fingerprint density at radius 3 is 2.52 bits per heavy atom. The van der Waals surface area contributed by atoms with Crippen LogP contribution in [0.25, 0.3) is 22.2 Å². The summed E-state index contributed by atoms with van der Waals surface area (Å²) in [6.07, 6.45) is -2.02. The fourth-order valence-corrected chi connectivity index (χ4v) is 5.29. The standard InChI is InChI=1S/C30H25F6N5O5/c1-28(27(37)43)12-46-25-18(28)9-21(39-24(25)17-7-15(31)8-19(32)22(17)33)29(44,30(34,35)36)11-38-26(42)13-5-14-10-41(16-3-4-16)40-23(14)20(6-13)45-2/h5-10,16,44H,3-4,11-12H2,1-2H3,(H2,37,43)(H,38,42)/t28-,29?/m0/s1. The summed E-state index contributed by atoms with van der Waals surface area (Å²) in [5, 5.41) is 18.2. The molecule has 2 atom stereocenters. The predicted octanol–water partition coefficient (Wildman–Crippen LogP) is 4.17. The molecule has 0 radical (unpaired) electrons. The molecule has 2 amide bonds. The Labute approximate surface area is 256 Å². The minimum Gasteiger partial charge on any atom is -0.494 e. The molecule has 2 aromatic carbocycles. The molecule has 4 N–H and O–H groups in total. The van der Waals surface area contributed by atoms with Crippen LogP contribution in [0.1, 0.15) is 47.4 Å². The lowest BCUT2D eigenvalue weighted by Gasteiger charge is -2.31. The second kappa shape index (κ2) is 10.6. The summed E-state index contributed by atoms with van der Waals surface area (Å²) in [5.41, 5.74) is -3.28. The SMILES string of the molecule is COc1cc(C(=O)NCC(O)(c2cc3c(c(-c4cc(F)cc(F)c4F)n2)OC[C@]3(C)C(N)=O)C(F)(F)F)cc2cn(C3CC3)nc12. The molecule has 2 aromatic heterocycles. The zero-order chi connectivity index (χ0) is 33.3. The molecule has 4 aromatic rings. The van der Waals surface area contributed by atoms with Crippen molar-refractivity contribution in [2.75, 3.05) is 20.3 Å². The van der Waals surface area contributed by atoms with Crippen molar-refractivity contribution in [1.29, 1.82) is 0 Å². The van der Waals surface area contributed by atoms with Gasteiger partial charge < -0.3 is 25.6 Å². The molecule has 2 aliphatic rings. The highest BCUT2D eigenvalue weighted by atomic mass is 19.4. The number of pyridine rings is 1. The Hall–Kier alpha value is -4.86. The Kier molecular flexibility index (Phi) is 7.18. The number of nitrogens with two attached hydrogens (primary N) is 1. The van der Waals surface area contributed by atoms with E-state index in [0.717, 1.165) is 12.8 Å². The molecule has 10 nitrogen and oxygen atoms in total. The number of amides is 2. The van der Waals surface area contributed by atoms with Crippen molar-refractivity contribution in [3.05, 3.63) is 70.8 Å². The van der Waals surface area contributed by atoms with Gasteiger partial charge in [-0.05, 0) is 44.0 Å². The molecule has 1 fully saturated rings. The minimum absolute atomic E-state index is 0.112. The number of aliphatic hydroxyl groups is 1. The van der Waals surface area contributed by atoms with Gasteiger partial charge in [-0.3, -0.25) is 14.3 Å². The molecule has 0 bridgehead atoms. The van der Waals surface area contributed by atoms with Gasteiger partial charge in [0.25, 0.3) is 5.91 Å². The number of methoxy groups -OCH3 is 1. The number of rotatable bonds is 8. The van der Waals surface area contributed by atoms with Crippen molar-refractivity contribution in [2.45, 2.75) is 43.0 Å². The highest BCUT2D eigenvalue weighted by molar-refractivity contribution is 6.00. The van der Waals surface area contributed by atoms with Gasteiger partial charge in [0.2, 0.25) is 11.5 Å². The van der Waals surface area contributed by atoms with E-state index in [2.05, 4.69) is 15.4 Å². The number of hydrogen-bond acceptors (Lipinski definition) is 7. The van der Waals surface area contributed by atoms with E-state index >= 15 is 0 Å². The van der Waals surface area contributed by atoms with Crippen LogP contribution in [-0.4, -0.2) is 58.1 Å². The van der Waals surface area contributed by atoms with Gasteiger partial charge in [-0.1, -0.05) is 0 Å². The van der Waals surface area contributed by atoms with Crippen molar-refractivity contribution >= 4 is 22.7 Å². The highest BCUT2D eigenvalue weighted by Gasteiger charge is 2.58. The van der Waals surface area contributed by atoms with Gasteiger partial charge >= 0.3 is 6.18 Å². The average molecular weight is 650 g/mol. The number of fused-ring (bicyclic) bond motifs is 2. The highest BCUT2D eigenvalue weighted by Crippen LogP contribution is 2.48. The van der Waals surface area contributed by atoms with E-state index in [1.165, 1.54) is 26.2 Å². The van der Waals surface area contributed by atoms with Crippen LogP contribution in [0, 0.1) is 17.5 Å². The first-order valence-electron chi connectivity index (χ1n) is 13.8. The number of ether oxygens (including phenoxy) is 2. The van der Waals surface area contributed by atoms with Crippen LogP contribution in [0.15, 0.2) is 36.5 Å². The van der Waals surface area contributed by atoms with Crippen LogP contribution < -0.4 is 20.5 Å². The molecule has 1 aliphatic heterocycles. The fraction of sp³-hybridized carbons (Fsp3) is 0.333. The zero-order valence-electron chi connectivity index (χ0n) is 24.1. The number of carbonyl (C=O) groups is 2. The second-order valence-electron chi connectivity index (χ2n) is 11.5. The van der Waals surface area contributed by atoms with Gasteiger partial charge in [0, 0.05) is 34.3 Å².